The number of rotatable bonds is 7. The highest BCUT2D eigenvalue weighted by atomic mass is 35.5. The van der Waals surface area contributed by atoms with Crippen LogP contribution >= 0.6 is 23.2 Å². The largest absolute Gasteiger partial charge is 0.308 e. The van der Waals surface area contributed by atoms with E-state index >= 15 is 0 Å². The van der Waals surface area contributed by atoms with Crippen molar-refractivity contribution in [1.29, 1.82) is 0 Å². The van der Waals surface area contributed by atoms with Gasteiger partial charge in [0.25, 0.3) is 0 Å². The van der Waals surface area contributed by atoms with Crippen LogP contribution in [0.25, 0.3) is 0 Å². The van der Waals surface area contributed by atoms with Gasteiger partial charge in [-0.1, -0.05) is 35.3 Å². The Morgan fingerprint density at radius 1 is 0.955 bits per heavy atom. The lowest BCUT2D eigenvalue weighted by Gasteiger charge is -2.24. The molecule has 5 heteroatoms. The van der Waals surface area contributed by atoms with Crippen molar-refractivity contribution in [3.63, 3.8) is 0 Å². The van der Waals surface area contributed by atoms with E-state index in [9.17, 15) is 0 Å². The molecule has 1 aromatic carbocycles. The Balaban J connectivity index is 2.07. The first-order valence-electron chi connectivity index (χ1n) is 7.24. The van der Waals surface area contributed by atoms with Crippen molar-refractivity contribution >= 4 is 23.2 Å². The van der Waals surface area contributed by atoms with Crippen LogP contribution in [0.1, 0.15) is 11.1 Å². The molecular weight excluding hydrogens is 317 g/mol. The molecule has 0 spiro atoms. The molecule has 22 heavy (non-hydrogen) atoms. The Bertz CT molecular complexity index is 588. The van der Waals surface area contributed by atoms with Gasteiger partial charge in [-0.05, 0) is 43.4 Å². The number of hydrogen-bond donors (Lipinski definition) is 0. The maximum atomic E-state index is 6.12. The summed E-state index contributed by atoms with van der Waals surface area (Å²) in [6.45, 7) is 3.67. The second-order valence-electron chi connectivity index (χ2n) is 5.62. The third-order valence-electron chi connectivity index (χ3n) is 3.38. The van der Waals surface area contributed by atoms with Crippen molar-refractivity contribution in [2.45, 2.75) is 13.1 Å². The molecule has 0 aliphatic heterocycles. The number of benzene rings is 1. The predicted molar refractivity (Wildman–Crippen MR) is 93.4 cm³/mol. The van der Waals surface area contributed by atoms with E-state index in [1.54, 1.807) is 6.20 Å². The van der Waals surface area contributed by atoms with E-state index in [1.807, 2.05) is 30.5 Å². The van der Waals surface area contributed by atoms with Crippen LogP contribution in [0.2, 0.25) is 10.0 Å². The molecule has 2 rings (SSSR count). The Kier molecular flexibility index (Phi) is 6.65. The summed E-state index contributed by atoms with van der Waals surface area (Å²) in [7, 11) is 4.17. The van der Waals surface area contributed by atoms with Crippen LogP contribution in [0.15, 0.2) is 42.7 Å². The zero-order valence-corrected chi connectivity index (χ0v) is 14.5. The molecule has 0 unspecified atom stereocenters. The van der Waals surface area contributed by atoms with Gasteiger partial charge in [0.15, 0.2) is 0 Å². The third kappa shape index (κ3) is 5.58. The van der Waals surface area contributed by atoms with Gasteiger partial charge in [-0.2, -0.15) is 0 Å². The van der Waals surface area contributed by atoms with Crippen LogP contribution in [0.4, 0.5) is 0 Å². The van der Waals surface area contributed by atoms with E-state index in [1.165, 1.54) is 5.56 Å². The molecule has 0 bridgehead atoms. The average molecular weight is 338 g/mol. The van der Waals surface area contributed by atoms with Gasteiger partial charge in [0.05, 0.1) is 10.0 Å². The molecule has 0 atom stereocenters. The summed E-state index contributed by atoms with van der Waals surface area (Å²) in [5.41, 5.74) is 2.37. The second-order valence-corrected chi connectivity index (χ2v) is 6.44. The number of aromatic nitrogens is 1. The summed E-state index contributed by atoms with van der Waals surface area (Å²) < 4.78 is 0. The lowest BCUT2D eigenvalue weighted by atomic mass is 10.2. The maximum absolute atomic E-state index is 6.12. The van der Waals surface area contributed by atoms with Crippen molar-refractivity contribution < 1.29 is 0 Å². The summed E-state index contributed by atoms with van der Waals surface area (Å²) in [4.78, 5) is 8.76. The topological polar surface area (TPSA) is 19.4 Å². The number of halogens is 2. The molecule has 118 valence electrons. The summed E-state index contributed by atoms with van der Waals surface area (Å²) in [5, 5.41) is 1.20. The van der Waals surface area contributed by atoms with Gasteiger partial charge in [0.1, 0.15) is 0 Å². The van der Waals surface area contributed by atoms with Crippen LogP contribution in [-0.2, 0) is 13.1 Å². The highest BCUT2D eigenvalue weighted by molar-refractivity contribution is 6.42. The molecule has 0 aliphatic carbocycles. The fraction of sp³-hybridized carbons (Fsp3) is 0.353. The highest BCUT2D eigenvalue weighted by Gasteiger charge is 2.09. The highest BCUT2D eigenvalue weighted by Crippen LogP contribution is 2.23. The predicted octanol–water partition coefficient (Wildman–Crippen LogP) is 3.95. The van der Waals surface area contributed by atoms with E-state index < -0.39 is 0 Å². The van der Waals surface area contributed by atoms with E-state index in [-0.39, 0.29) is 0 Å². The SMILES string of the molecule is CN(C)CCN(Cc1cccnc1)Cc1ccc(Cl)c(Cl)c1. The van der Waals surface area contributed by atoms with Crippen LogP contribution in [0.3, 0.4) is 0 Å². The van der Waals surface area contributed by atoms with E-state index in [0.29, 0.717) is 10.0 Å². The van der Waals surface area contributed by atoms with E-state index in [2.05, 4.69) is 34.9 Å². The normalized spacial score (nSPS) is 11.4. The monoisotopic (exact) mass is 337 g/mol. The lowest BCUT2D eigenvalue weighted by Crippen LogP contribution is -2.31. The molecular formula is C17H21Cl2N3. The van der Waals surface area contributed by atoms with Crippen LogP contribution in [0.5, 0.6) is 0 Å². The van der Waals surface area contributed by atoms with Crippen LogP contribution in [0, 0.1) is 0 Å². The van der Waals surface area contributed by atoms with Gasteiger partial charge in [0.2, 0.25) is 0 Å². The van der Waals surface area contributed by atoms with Crippen molar-refractivity contribution in [2.75, 3.05) is 27.2 Å². The minimum absolute atomic E-state index is 0.595. The number of nitrogens with zero attached hydrogens (tertiary/aromatic N) is 3. The quantitative estimate of drug-likeness (QED) is 0.762. The summed E-state index contributed by atoms with van der Waals surface area (Å²) >= 11 is 12.1. The molecule has 1 heterocycles. The maximum Gasteiger partial charge on any atom is 0.0595 e. The number of pyridine rings is 1. The Hall–Kier alpha value is -1.13. The van der Waals surface area contributed by atoms with Crippen LogP contribution < -0.4 is 0 Å². The first-order chi connectivity index (χ1) is 10.5. The van der Waals surface area contributed by atoms with Crippen LogP contribution in [-0.4, -0.2) is 42.0 Å². The first-order valence-corrected chi connectivity index (χ1v) is 8.00. The van der Waals surface area contributed by atoms with Crippen molar-refractivity contribution in [3.8, 4) is 0 Å². The second kappa shape index (κ2) is 8.49. The third-order valence-corrected chi connectivity index (χ3v) is 4.12. The smallest absolute Gasteiger partial charge is 0.0595 e. The molecule has 0 fully saturated rings. The Morgan fingerprint density at radius 2 is 1.73 bits per heavy atom. The molecule has 0 saturated carbocycles. The van der Waals surface area contributed by atoms with Crippen molar-refractivity contribution in [1.82, 2.24) is 14.8 Å². The van der Waals surface area contributed by atoms with E-state index in [4.69, 9.17) is 23.2 Å². The number of likely N-dealkylation sites (N-methyl/N-ethyl adjacent to an activating group) is 1. The van der Waals surface area contributed by atoms with Gasteiger partial charge in [-0.3, -0.25) is 9.88 Å². The molecule has 3 nitrogen and oxygen atoms in total. The van der Waals surface area contributed by atoms with Gasteiger partial charge in [-0.25, -0.2) is 0 Å². The standard InChI is InChI=1S/C17H21Cl2N3/c1-21(2)8-9-22(13-15-4-3-7-20-11-15)12-14-5-6-16(18)17(19)10-14/h3-7,10-11H,8-9,12-13H2,1-2H3. The minimum Gasteiger partial charge on any atom is -0.308 e. The summed E-state index contributed by atoms with van der Waals surface area (Å²) in [6.07, 6.45) is 3.71. The molecule has 0 radical (unpaired) electrons. The molecule has 0 saturated heterocycles. The van der Waals surface area contributed by atoms with Gasteiger partial charge in [0, 0.05) is 38.6 Å². The van der Waals surface area contributed by atoms with Gasteiger partial charge < -0.3 is 4.90 Å². The van der Waals surface area contributed by atoms with Crippen molar-refractivity contribution in [3.05, 3.63) is 63.9 Å². The first kappa shape index (κ1) is 17.2. The Labute approximate surface area is 142 Å². The zero-order chi connectivity index (χ0) is 15.9. The molecule has 1 aromatic heterocycles. The summed E-state index contributed by atoms with van der Waals surface area (Å²) in [5.74, 6) is 0. The van der Waals surface area contributed by atoms with E-state index in [0.717, 1.165) is 31.7 Å². The molecule has 0 amide bonds. The average Bonchev–Trinajstić information content (AvgIpc) is 2.49. The lowest BCUT2D eigenvalue weighted by molar-refractivity contribution is 0.226. The van der Waals surface area contributed by atoms with Gasteiger partial charge >= 0.3 is 0 Å². The fourth-order valence-electron chi connectivity index (χ4n) is 2.20. The Morgan fingerprint density at radius 3 is 2.36 bits per heavy atom. The molecule has 2 aromatic rings. The number of hydrogen-bond acceptors (Lipinski definition) is 3. The fourth-order valence-corrected chi connectivity index (χ4v) is 2.52. The van der Waals surface area contributed by atoms with Gasteiger partial charge in [-0.15, -0.1) is 0 Å². The summed E-state index contributed by atoms with van der Waals surface area (Å²) in [6, 6.07) is 9.90. The molecule has 0 aliphatic rings. The minimum atomic E-state index is 0.595. The zero-order valence-electron chi connectivity index (χ0n) is 13.0. The molecule has 0 N–H and O–H groups in total. The van der Waals surface area contributed by atoms with Crippen molar-refractivity contribution in [2.24, 2.45) is 0 Å².